The van der Waals surface area contributed by atoms with Gasteiger partial charge in [0.1, 0.15) is 5.75 Å². The molecule has 2 aliphatic carbocycles. The number of rotatable bonds is 3. The summed E-state index contributed by atoms with van der Waals surface area (Å²) in [6.07, 6.45) is 11.3. The number of benzene rings is 1. The smallest absolute Gasteiger partial charge is 0.115 e. The fraction of sp³-hybridized carbons (Fsp3) is 0.579. The summed E-state index contributed by atoms with van der Waals surface area (Å²) in [6.45, 7) is 3.69. The van der Waals surface area contributed by atoms with Crippen LogP contribution in [0.15, 0.2) is 36.4 Å². The number of hydrogen-bond donors (Lipinski definition) is 1. The van der Waals surface area contributed by atoms with E-state index in [0.29, 0.717) is 11.7 Å². The summed E-state index contributed by atoms with van der Waals surface area (Å²) in [6, 6.07) is 8.01. The van der Waals surface area contributed by atoms with Crippen molar-refractivity contribution in [2.75, 3.05) is 19.6 Å². The molecular weight excluding hydrogens is 258 g/mol. The summed E-state index contributed by atoms with van der Waals surface area (Å²) in [5, 5.41) is 9.89. The average Bonchev–Trinajstić information content (AvgIpc) is 2.82. The summed E-state index contributed by atoms with van der Waals surface area (Å²) in [4.78, 5) is 2.70. The lowest BCUT2D eigenvalue weighted by molar-refractivity contribution is 0.196. The van der Waals surface area contributed by atoms with Crippen LogP contribution in [0.4, 0.5) is 0 Å². The van der Waals surface area contributed by atoms with Crippen LogP contribution in [0.25, 0.3) is 0 Å². The van der Waals surface area contributed by atoms with Gasteiger partial charge in [-0.25, -0.2) is 0 Å². The first-order chi connectivity index (χ1) is 10.3. The predicted octanol–water partition coefficient (Wildman–Crippen LogP) is 3.71. The van der Waals surface area contributed by atoms with Crippen molar-refractivity contribution < 1.29 is 5.11 Å². The lowest BCUT2D eigenvalue weighted by Crippen LogP contribution is -2.37. The maximum absolute atomic E-state index is 9.89. The van der Waals surface area contributed by atoms with E-state index in [0.717, 1.165) is 12.3 Å². The highest BCUT2D eigenvalue weighted by Gasteiger charge is 2.47. The summed E-state index contributed by atoms with van der Waals surface area (Å²) in [5.74, 6) is 2.07. The van der Waals surface area contributed by atoms with Crippen molar-refractivity contribution in [2.45, 2.75) is 37.5 Å². The van der Waals surface area contributed by atoms with E-state index in [1.165, 1.54) is 50.9 Å². The second-order valence-electron chi connectivity index (χ2n) is 7.31. The fourth-order valence-corrected chi connectivity index (χ4v) is 4.60. The molecule has 21 heavy (non-hydrogen) atoms. The van der Waals surface area contributed by atoms with Gasteiger partial charge in [0, 0.05) is 25.0 Å². The van der Waals surface area contributed by atoms with Crippen molar-refractivity contribution in [3.8, 4) is 5.75 Å². The van der Waals surface area contributed by atoms with Crippen molar-refractivity contribution in [1.29, 1.82) is 0 Å². The molecule has 4 rings (SSSR count). The number of allylic oxidation sites excluding steroid dienone is 2. The number of likely N-dealkylation sites (tertiary alicyclic amines) is 1. The molecule has 1 heterocycles. The molecule has 1 saturated heterocycles. The van der Waals surface area contributed by atoms with Crippen LogP contribution in [-0.2, 0) is 5.41 Å². The molecule has 2 heteroatoms. The SMILES string of the molecule is Oc1cccc([C@]23CC=CC[C@@H]2CN(CC2CCC2)C3)c1. The monoisotopic (exact) mass is 283 g/mol. The molecule has 3 aliphatic rings. The quantitative estimate of drug-likeness (QED) is 0.855. The molecule has 0 radical (unpaired) electrons. The minimum atomic E-state index is 0.233. The topological polar surface area (TPSA) is 23.5 Å². The summed E-state index contributed by atoms with van der Waals surface area (Å²) in [7, 11) is 0. The van der Waals surface area contributed by atoms with E-state index in [9.17, 15) is 5.11 Å². The standard InChI is InChI=1S/C19H25NO/c21-18-9-4-8-16(11-18)19-10-2-1-7-17(19)13-20(14-19)12-15-5-3-6-15/h1-2,4,8-9,11,15,17,21H,3,5-7,10,12-14H2/t17-,19-/m1/s1. The molecule has 0 unspecified atom stereocenters. The first-order valence-corrected chi connectivity index (χ1v) is 8.43. The molecule has 1 aromatic carbocycles. The van der Waals surface area contributed by atoms with Gasteiger partial charge < -0.3 is 10.0 Å². The average molecular weight is 283 g/mol. The van der Waals surface area contributed by atoms with E-state index in [-0.39, 0.29) is 5.41 Å². The second-order valence-corrected chi connectivity index (χ2v) is 7.31. The number of aromatic hydroxyl groups is 1. The summed E-state index contributed by atoms with van der Waals surface area (Å²) < 4.78 is 0. The van der Waals surface area contributed by atoms with Crippen molar-refractivity contribution >= 4 is 0 Å². The van der Waals surface area contributed by atoms with Gasteiger partial charge in [-0.3, -0.25) is 0 Å². The zero-order valence-corrected chi connectivity index (χ0v) is 12.7. The Morgan fingerprint density at radius 2 is 2.14 bits per heavy atom. The minimum Gasteiger partial charge on any atom is -0.508 e. The minimum absolute atomic E-state index is 0.233. The Morgan fingerprint density at radius 1 is 1.24 bits per heavy atom. The highest BCUT2D eigenvalue weighted by Crippen LogP contribution is 2.47. The van der Waals surface area contributed by atoms with Crippen LogP contribution in [0.2, 0.25) is 0 Å². The lowest BCUT2D eigenvalue weighted by atomic mass is 9.67. The van der Waals surface area contributed by atoms with Crippen LogP contribution in [0.5, 0.6) is 5.75 Å². The summed E-state index contributed by atoms with van der Waals surface area (Å²) >= 11 is 0. The molecule has 1 aliphatic heterocycles. The Labute approximate surface area is 127 Å². The Kier molecular flexibility index (Phi) is 3.30. The van der Waals surface area contributed by atoms with Gasteiger partial charge in [0.15, 0.2) is 0 Å². The maximum atomic E-state index is 9.89. The molecule has 2 nitrogen and oxygen atoms in total. The van der Waals surface area contributed by atoms with E-state index < -0.39 is 0 Å². The van der Waals surface area contributed by atoms with Crippen LogP contribution in [0.1, 0.15) is 37.7 Å². The van der Waals surface area contributed by atoms with E-state index in [1.54, 1.807) is 6.07 Å². The Morgan fingerprint density at radius 3 is 2.90 bits per heavy atom. The van der Waals surface area contributed by atoms with Crippen LogP contribution in [0, 0.1) is 11.8 Å². The highest BCUT2D eigenvalue weighted by molar-refractivity contribution is 5.37. The van der Waals surface area contributed by atoms with Crippen molar-refractivity contribution in [2.24, 2.45) is 11.8 Å². The van der Waals surface area contributed by atoms with E-state index >= 15 is 0 Å². The van der Waals surface area contributed by atoms with Gasteiger partial charge in [-0.05, 0) is 55.2 Å². The van der Waals surface area contributed by atoms with Gasteiger partial charge in [0.05, 0.1) is 0 Å². The van der Waals surface area contributed by atoms with Gasteiger partial charge in [-0.2, -0.15) is 0 Å². The Hall–Kier alpha value is -1.28. The zero-order valence-electron chi connectivity index (χ0n) is 12.7. The number of fused-ring (bicyclic) bond motifs is 1. The first kappa shape index (κ1) is 13.4. The molecule has 2 atom stereocenters. The van der Waals surface area contributed by atoms with Gasteiger partial charge in [-0.1, -0.05) is 30.7 Å². The molecule has 112 valence electrons. The largest absolute Gasteiger partial charge is 0.508 e. The van der Waals surface area contributed by atoms with Crippen LogP contribution in [-0.4, -0.2) is 29.6 Å². The van der Waals surface area contributed by atoms with Gasteiger partial charge in [0.25, 0.3) is 0 Å². The van der Waals surface area contributed by atoms with Gasteiger partial charge in [-0.15, -0.1) is 0 Å². The lowest BCUT2D eigenvalue weighted by Gasteiger charge is -2.37. The molecule has 2 fully saturated rings. The van der Waals surface area contributed by atoms with Gasteiger partial charge >= 0.3 is 0 Å². The van der Waals surface area contributed by atoms with Crippen molar-refractivity contribution in [3.05, 3.63) is 42.0 Å². The van der Waals surface area contributed by atoms with Crippen LogP contribution >= 0.6 is 0 Å². The van der Waals surface area contributed by atoms with Crippen LogP contribution < -0.4 is 0 Å². The second kappa shape index (κ2) is 5.17. The number of hydrogen-bond acceptors (Lipinski definition) is 2. The van der Waals surface area contributed by atoms with Crippen LogP contribution in [0.3, 0.4) is 0 Å². The third-order valence-electron chi connectivity index (χ3n) is 6.00. The highest BCUT2D eigenvalue weighted by atomic mass is 16.3. The number of phenols is 1. The molecular formula is C19H25NO. The van der Waals surface area contributed by atoms with E-state index in [2.05, 4.69) is 23.1 Å². The van der Waals surface area contributed by atoms with Crippen molar-refractivity contribution in [3.63, 3.8) is 0 Å². The molecule has 0 bridgehead atoms. The number of nitrogens with zero attached hydrogens (tertiary/aromatic N) is 1. The van der Waals surface area contributed by atoms with Crippen molar-refractivity contribution in [1.82, 2.24) is 4.90 Å². The Bertz CT molecular complexity index is 548. The normalized spacial score (nSPS) is 32.9. The predicted molar refractivity (Wildman–Crippen MR) is 85.4 cm³/mol. The zero-order chi connectivity index (χ0) is 14.3. The maximum Gasteiger partial charge on any atom is 0.115 e. The molecule has 1 saturated carbocycles. The third kappa shape index (κ3) is 2.30. The Balaban J connectivity index is 1.61. The van der Waals surface area contributed by atoms with E-state index in [4.69, 9.17) is 0 Å². The third-order valence-corrected chi connectivity index (χ3v) is 6.00. The number of phenolic OH excluding ortho intramolecular Hbond substituents is 1. The molecule has 0 aromatic heterocycles. The molecule has 0 amide bonds. The first-order valence-electron chi connectivity index (χ1n) is 8.43. The van der Waals surface area contributed by atoms with E-state index in [1.807, 2.05) is 12.1 Å². The molecule has 1 aromatic rings. The molecule has 1 N–H and O–H groups in total. The summed E-state index contributed by atoms with van der Waals surface area (Å²) in [5.41, 5.74) is 1.57. The fourth-order valence-electron chi connectivity index (χ4n) is 4.60. The molecule has 0 spiro atoms. The van der Waals surface area contributed by atoms with Gasteiger partial charge in [0.2, 0.25) is 0 Å².